The molecule has 1 atom stereocenters. The first-order valence-corrected chi connectivity index (χ1v) is 11.4. The predicted molar refractivity (Wildman–Crippen MR) is 130 cm³/mol. The number of anilines is 1. The van der Waals surface area contributed by atoms with E-state index in [9.17, 15) is 9.59 Å². The molecule has 3 aromatic rings. The van der Waals surface area contributed by atoms with Gasteiger partial charge in [-0.25, -0.2) is 5.43 Å². The van der Waals surface area contributed by atoms with Crippen LogP contribution in [0.2, 0.25) is 0 Å². The van der Waals surface area contributed by atoms with Crippen molar-refractivity contribution in [3.05, 3.63) is 99.1 Å². The molecule has 150 valence electrons. The first-order chi connectivity index (χ1) is 14.6. The molecule has 0 spiro atoms. The second-order valence-electron chi connectivity index (χ2n) is 6.61. The number of halogens is 1. The molecule has 3 aromatic carbocycles. The molecule has 0 aromatic heterocycles. The molecule has 5 nitrogen and oxygen atoms in total. The third kappa shape index (κ3) is 4.57. The van der Waals surface area contributed by atoms with E-state index in [1.54, 1.807) is 47.1 Å². The Kier molecular flexibility index (Phi) is 6.49. The van der Waals surface area contributed by atoms with Crippen molar-refractivity contribution < 1.29 is 9.59 Å². The van der Waals surface area contributed by atoms with E-state index in [4.69, 9.17) is 0 Å². The maximum absolute atomic E-state index is 12.5. The zero-order valence-electron chi connectivity index (χ0n) is 15.9. The van der Waals surface area contributed by atoms with E-state index in [-0.39, 0.29) is 17.2 Å². The molecule has 1 N–H and O–H groups in total. The highest BCUT2D eigenvalue weighted by Crippen LogP contribution is 2.41. The topological polar surface area (TPSA) is 61.8 Å². The lowest BCUT2D eigenvalue weighted by atomic mass is 10.1. The summed E-state index contributed by atoms with van der Waals surface area (Å²) in [5, 5.41) is 3.99. The van der Waals surface area contributed by atoms with Crippen molar-refractivity contribution in [1.82, 2.24) is 5.43 Å². The first-order valence-electron chi connectivity index (χ1n) is 9.30. The van der Waals surface area contributed by atoms with Crippen molar-refractivity contribution in [2.45, 2.75) is 5.37 Å². The molecule has 1 fully saturated rings. The van der Waals surface area contributed by atoms with Crippen LogP contribution in [-0.4, -0.2) is 23.8 Å². The minimum Gasteiger partial charge on any atom is -0.295 e. The average molecular weight is 527 g/mol. The van der Waals surface area contributed by atoms with Crippen LogP contribution in [0.3, 0.4) is 0 Å². The average Bonchev–Trinajstić information content (AvgIpc) is 3.17. The second kappa shape index (κ2) is 9.44. The molecule has 1 heterocycles. The van der Waals surface area contributed by atoms with Crippen LogP contribution < -0.4 is 10.3 Å². The number of nitrogens with zero attached hydrogens (tertiary/aromatic N) is 2. The number of rotatable bonds is 5. The number of nitrogens with one attached hydrogen (secondary N) is 1. The fourth-order valence-corrected chi connectivity index (χ4v) is 4.85. The van der Waals surface area contributed by atoms with Gasteiger partial charge in [0.15, 0.2) is 0 Å². The smallest absolute Gasteiger partial charge is 0.271 e. The van der Waals surface area contributed by atoms with Crippen molar-refractivity contribution in [3.63, 3.8) is 0 Å². The van der Waals surface area contributed by atoms with Crippen molar-refractivity contribution >= 4 is 58.1 Å². The molecule has 2 amide bonds. The van der Waals surface area contributed by atoms with Gasteiger partial charge in [0.25, 0.3) is 5.91 Å². The quantitative estimate of drug-likeness (QED) is 0.294. The maximum Gasteiger partial charge on any atom is 0.271 e. The van der Waals surface area contributed by atoms with Crippen LogP contribution in [0.5, 0.6) is 0 Å². The number of carbonyl (C=O) groups excluding carboxylic acids is 2. The summed E-state index contributed by atoms with van der Waals surface area (Å²) in [5.74, 6) is 0.202. The van der Waals surface area contributed by atoms with Crippen molar-refractivity contribution in [1.29, 1.82) is 0 Å². The van der Waals surface area contributed by atoms with E-state index >= 15 is 0 Å². The highest BCUT2D eigenvalue weighted by Gasteiger charge is 2.33. The van der Waals surface area contributed by atoms with Crippen LogP contribution in [-0.2, 0) is 4.79 Å². The summed E-state index contributed by atoms with van der Waals surface area (Å²) in [6, 6.07) is 24.8. The van der Waals surface area contributed by atoms with E-state index in [1.807, 2.05) is 54.6 Å². The fourth-order valence-electron chi connectivity index (χ4n) is 3.15. The van der Waals surface area contributed by atoms with Gasteiger partial charge in [-0.15, -0.1) is 11.8 Å². The summed E-state index contributed by atoms with van der Waals surface area (Å²) in [7, 11) is 0. The third-order valence-corrected chi connectivity index (χ3v) is 6.83. The summed E-state index contributed by atoms with van der Waals surface area (Å²) < 4.78 is 1.05. The molecule has 1 saturated heterocycles. The molecular weight excluding hydrogens is 509 g/mol. The number of hydrazone groups is 1. The summed E-state index contributed by atoms with van der Waals surface area (Å²) in [6.45, 7) is 0. The Hall–Kier alpha value is -2.65. The summed E-state index contributed by atoms with van der Waals surface area (Å²) in [5.41, 5.74) is 5.83. The Morgan fingerprint density at radius 1 is 1.03 bits per heavy atom. The molecule has 1 aliphatic rings. The van der Waals surface area contributed by atoms with Gasteiger partial charge in [-0.1, -0.05) is 48.5 Å². The van der Waals surface area contributed by atoms with Gasteiger partial charge in [-0.2, -0.15) is 5.10 Å². The molecule has 0 unspecified atom stereocenters. The lowest BCUT2D eigenvalue weighted by molar-refractivity contribution is -0.115. The molecule has 4 rings (SSSR count). The molecule has 0 radical (unpaired) electrons. The molecule has 0 bridgehead atoms. The van der Waals surface area contributed by atoms with Gasteiger partial charge in [0.05, 0.1) is 12.0 Å². The van der Waals surface area contributed by atoms with E-state index in [1.165, 1.54) is 0 Å². The zero-order valence-corrected chi connectivity index (χ0v) is 18.8. The molecule has 0 aliphatic carbocycles. The van der Waals surface area contributed by atoms with Crippen LogP contribution in [0.25, 0.3) is 0 Å². The fraction of sp³-hybridized carbons (Fsp3) is 0.0870. The summed E-state index contributed by atoms with van der Waals surface area (Å²) in [6.07, 6.45) is 1.62. The third-order valence-electron chi connectivity index (χ3n) is 4.64. The predicted octanol–water partition coefficient (Wildman–Crippen LogP) is 4.83. The van der Waals surface area contributed by atoms with Gasteiger partial charge in [0.1, 0.15) is 5.37 Å². The SMILES string of the molecule is O=C(NN=Cc1ccccc1I)c1ccc(N2C(=O)CS[C@H]2c2ccccc2)cc1. The standard InChI is InChI=1S/C23H18IN3O2S/c24-20-9-5-4-8-18(20)14-25-26-22(29)16-10-12-19(13-11-16)27-21(28)15-30-23(27)17-6-2-1-3-7-17/h1-14,23H,15H2,(H,26,29)/t23-/m0/s1. The number of benzene rings is 3. The highest BCUT2D eigenvalue weighted by atomic mass is 127. The van der Waals surface area contributed by atoms with Gasteiger partial charge in [-0.05, 0) is 58.5 Å². The monoisotopic (exact) mass is 527 g/mol. The lowest BCUT2D eigenvalue weighted by Gasteiger charge is -2.24. The highest BCUT2D eigenvalue weighted by molar-refractivity contribution is 14.1. The lowest BCUT2D eigenvalue weighted by Crippen LogP contribution is -2.28. The van der Waals surface area contributed by atoms with Crippen LogP contribution in [0, 0.1) is 3.57 Å². The second-order valence-corrected chi connectivity index (χ2v) is 8.84. The van der Waals surface area contributed by atoms with Crippen molar-refractivity contribution in [3.8, 4) is 0 Å². The van der Waals surface area contributed by atoms with E-state index in [0.29, 0.717) is 11.3 Å². The van der Waals surface area contributed by atoms with Gasteiger partial charge in [0.2, 0.25) is 5.91 Å². The number of carbonyl (C=O) groups is 2. The Balaban J connectivity index is 1.46. The van der Waals surface area contributed by atoms with Gasteiger partial charge < -0.3 is 0 Å². The van der Waals surface area contributed by atoms with Crippen LogP contribution in [0.15, 0.2) is 84.0 Å². The van der Waals surface area contributed by atoms with E-state index in [2.05, 4.69) is 33.1 Å². The molecular formula is C23H18IN3O2S. The minimum absolute atomic E-state index is 0.0590. The van der Waals surface area contributed by atoms with Crippen molar-refractivity contribution in [2.24, 2.45) is 5.10 Å². The number of hydrogen-bond donors (Lipinski definition) is 1. The summed E-state index contributed by atoms with van der Waals surface area (Å²) in [4.78, 5) is 26.7. The van der Waals surface area contributed by atoms with Crippen molar-refractivity contribution in [2.75, 3.05) is 10.7 Å². The Morgan fingerprint density at radius 2 is 1.73 bits per heavy atom. The Morgan fingerprint density at radius 3 is 2.47 bits per heavy atom. The Bertz CT molecular complexity index is 1090. The first kappa shape index (κ1) is 20.6. The van der Waals surface area contributed by atoms with Crippen LogP contribution >= 0.6 is 34.4 Å². The molecule has 7 heteroatoms. The maximum atomic E-state index is 12.5. The van der Waals surface area contributed by atoms with Crippen LogP contribution in [0.4, 0.5) is 5.69 Å². The van der Waals surface area contributed by atoms with E-state index in [0.717, 1.165) is 20.4 Å². The number of thioether (sulfide) groups is 1. The minimum atomic E-state index is -0.300. The number of hydrogen-bond acceptors (Lipinski definition) is 4. The number of amides is 2. The normalized spacial score (nSPS) is 16.2. The molecule has 1 aliphatic heterocycles. The molecule has 0 saturated carbocycles. The molecule has 30 heavy (non-hydrogen) atoms. The van der Waals surface area contributed by atoms with E-state index < -0.39 is 0 Å². The Labute approximate surface area is 192 Å². The summed E-state index contributed by atoms with van der Waals surface area (Å²) >= 11 is 3.82. The van der Waals surface area contributed by atoms with Gasteiger partial charge >= 0.3 is 0 Å². The zero-order chi connectivity index (χ0) is 20.9. The van der Waals surface area contributed by atoms with Gasteiger partial charge in [-0.3, -0.25) is 14.5 Å². The van der Waals surface area contributed by atoms with Gasteiger partial charge in [0, 0.05) is 20.4 Å². The largest absolute Gasteiger partial charge is 0.295 e. The van der Waals surface area contributed by atoms with Crippen LogP contribution in [0.1, 0.15) is 26.9 Å².